The van der Waals surface area contributed by atoms with E-state index in [-0.39, 0.29) is 23.0 Å². The number of hydrogen-bond donors (Lipinski definition) is 0. The fourth-order valence-corrected chi connectivity index (χ4v) is 3.35. The van der Waals surface area contributed by atoms with E-state index in [0.717, 1.165) is 12.8 Å². The van der Waals surface area contributed by atoms with Crippen LogP contribution < -0.4 is 10.3 Å². The van der Waals surface area contributed by atoms with Crippen LogP contribution in [0, 0.1) is 12.4 Å². The van der Waals surface area contributed by atoms with Gasteiger partial charge in [-0.15, -0.1) is 0 Å². The van der Waals surface area contributed by atoms with E-state index in [9.17, 15) is 9.18 Å². The highest BCUT2D eigenvalue weighted by Crippen LogP contribution is 2.40. The number of nitrogens with zero attached hydrogens (tertiary/aromatic N) is 3. The third-order valence-corrected chi connectivity index (χ3v) is 5.17. The lowest BCUT2D eigenvalue weighted by Gasteiger charge is -2.15. The average Bonchev–Trinajstić information content (AvgIpc) is 3.59. The predicted molar refractivity (Wildman–Crippen MR) is 114 cm³/mol. The number of aromatic nitrogens is 2. The lowest BCUT2D eigenvalue weighted by atomic mass is 10.1. The van der Waals surface area contributed by atoms with Gasteiger partial charge < -0.3 is 4.74 Å². The Morgan fingerprint density at radius 3 is 2.60 bits per heavy atom. The molecule has 0 radical (unpaired) electrons. The first-order valence-corrected chi connectivity index (χ1v) is 10.2. The van der Waals surface area contributed by atoms with Crippen molar-refractivity contribution in [1.29, 1.82) is 0 Å². The second-order valence-electron chi connectivity index (χ2n) is 7.44. The second kappa shape index (κ2) is 8.50. The van der Waals surface area contributed by atoms with Crippen LogP contribution in [0.3, 0.4) is 0 Å². The number of benzene rings is 2. The molecule has 1 heterocycles. The third kappa shape index (κ3) is 4.11. The monoisotopic (exact) mass is 403 g/mol. The molecule has 0 N–H and O–H groups in total. The van der Waals surface area contributed by atoms with Gasteiger partial charge in [0, 0.05) is 5.56 Å². The van der Waals surface area contributed by atoms with Crippen molar-refractivity contribution in [2.24, 2.45) is 0 Å². The summed E-state index contributed by atoms with van der Waals surface area (Å²) in [7, 11) is 0. The van der Waals surface area contributed by atoms with Gasteiger partial charge in [0.15, 0.2) is 5.82 Å². The van der Waals surface area contributed by atoms with Crippen molar-refractivity contribution in [3.05, 3.63) is 81.7 Å². The summed E-state index contributed by atoms with van der Waals surface area (Å²) in [5, 5.41) is 0. The fourth-order valence-electron chi connectivity index (χ4n) is 3.35. The van der Waals surface area contributed by atoms with E-state index in [1.807, 2.05) is 31.2 Å². The summed E-state index contributed by atoms with van der Waals surface area (Å²) in [6, 6.07) is 13.4. The van der Waals surface area contributed by atoms with E-state index in [4.69, 9.17) is 11.3 Å². The molecule has 3 aromatic rings. The van der Waals surface area contributed by atoms with Crippen LogP contribution in [-0.2, 0) is 0 Å². The van der Waals surface area contributed by atoms with E-state index >= 15 is 0 Å². The molecule has 2 aromatic carbocycles. The second-order valence-corrected chi connectivity index (χ2v) is 7.44. The molecule has 6 heteroatoms. The highest BCUT2D eigenvalue weighted by Gasteiger charge is 2.23. The molecule has 1 aliphatic rings. The fraction of sp³-hybridized carbons (Fsp3) is 0.292. The smallest absolute Gasteiger partial charge is 0.262 e. The molecule has 30 heavy (non-hydrogen) atoms. The molecule has 1 aliphatic carbocycles. The van der Waals surface area contributed by atoms with Crippen LogP contribution in [0.2, 0.25) is 0 Å². The minimum Gasteiger partial charge on any atom is -0.477 e. The van der Waals surface area contributed by atoms with E-state index in [0.29, 0.717) is 23.8 Å². The minimum atomic E-state index is -0.648. The van der Waals surface area contributed by atoms with Crippen molar-refractivity contribution in [2.75, 3.05) is 6.61 Å². The first-order valence-electron chi connectivity index (χ1n) is 10.2. The van der Waals surface area contributed by atoms with Crippen LogP contribution in [-0.4, -0.2) is 16.2 Å². The number of ether oxygens (including phenoxy) is 1. The van der Waals surface area contributed by atoms with Crippen LogP contribution in [0.5, 0.6) is 5.88 Å². The summed E-state index contributed by atoms with van der Waals surface area (Å²) >= 11 is 0. The quantitative estimate of drug-likeness (QED) is 0.379. The van der Waals surface area contributed by atoms with Gasteiger partial charge >= 0.3 is 0 Å². The van der Waals surface area contributed by atoms with Crippen molar-refractivity contribution in [1.82, 2.24) is 9.55 Å². The molecular formula is C24H22FN3O2. The first-order chi connectivity index (χ1) is 14.6. The van der Waals surface area contributed by atoms with Gasteiger partial charge in [-0.25, -0.2) is 9.24 Å². The molecule has 0 unspecified atom stereocenters. The number of halogens is 1. The highest BCUT2D eigenvalue weighted by molar-refractivity contribution is 5.63. The van der Waals surface area contributed by atoms with E-state index in [1.165, 1.54) is 41.2 Å². The van der Waals surface area contributed by atoms with Gasteiger partial charge in [-0.2, -0.15) is 4.98 Å². The van der Waals surface area contributed by atoms with Gasteiger partial charge in [0.2, 0.25) is 11.6 Å². The summed E-state index contributed by atoms with van der Waals surface area (Å²) in [5.41, 5.74) is 1.94. The summed E-state index contributed by atoms with van der Waals surface area (Å²) < 4.78 is 21.4. The van der Waals surface area contributed by atoms with Crippen LogP contribution in [0.15, 0.2) is 53.3 Å². The lowest BCUT2D eigenvalue weighted by molar-refractivity contribution is 0.297. The largest absolute Gasteiger partial charge is 0.477 e. The minimum absolute atomic E-state index is 0.0724. The molecule has 0 bridgehead atoms. The van der Waals surface area contributed by atoms with Crippen molar-refractivity contribution in [3.8, 4) is 23.0 Å². The van der Waals surface area contributed by atoms with Gasteiger partial charge in [-0.1, -0.05) is 37.6 Å². The standard InChI is InChI=1S/C24H22FN3O2/c1-3-4-13-30-22-15-23(29)28(19-10-7-17(8-11-19)16-5-6-16)24(27-22)18-9-12-21(26-2)20(25)14-18/h7-12,14-16H,3-6,13H2,1H3. The van der Waals surface area contributed by atoms with Gasteiger partial charge in [0.05, 0.1) is 24.9 Å². The molecule has 0 atom stereocenters. The molecule has 4 rings (SSSR count). The van der Waals surface area contributed by atoms with Crippen LogP contribution in [0.1, 0.15) is 44.1 Å². The maximum absolute atomic E-state index is 14.3. The normalized spacial score (nSPS) is 13.1. The Morgan fingerprint density at radius 2 is 1.97 bits per heavy atom. The van der Waals surface area contributed by atoms with Crippen LogP contribution >= 0.6 is 0 Å². The van der Waals surface area contributed by atoms with E-state index in [1.54, 1.807) is 6.07 Å². The molecule has 152 valence electrons. The Labute approximate surface area is 174 Å². The summed E-state index contributed by atoms with van der Waals surface area (Å²) in [5.74, 6) is 0.454. The Kier molecular flexibility index (Phi) is 5.62. The number of hydrogen-bond acceptors (Lipinski definition) is 3. The molecule has 1 fully saturated rings. The highest BCUT2D eigenvalue weighted by atomic mass is 19.1. The van der Waals surface area contributed by atoms with Crippen LogP contribution in [0.4, 0.5) is 10.1 Å². The van der Waals surface area contributed by atoms with E-state index in [2.05, 4.69) is 9.83 Å². The average molecular weight is 403 g/mol. The Balaban J connectivity index is 1.82. The lowest BCUT2D eigenvalue weighted by Crippen LogP contribution is -2.21. The van der Waals surface area contributed by atoms with E-state index < -0.39 is 5.82 Å². The number of rotatable bonds is 7. The molecule has 0 aliphatic heterocycles. The predicted octanol–water partition coefficient (Wildman–Crippen LogP) is 5.65. The zero-order valence-electron chi connectivity index (χ0n) is 16.8. The van der Waals surface area contributed by atoms with Crippen molar-refractivity contribution < 1.29 is 9.13 Å². The van der Waals surface area contributed by atoms with Gasteiger partial charge in [-0.3, -0.25) is 9.36 Å². The van der Waals surface area contributed by atoms with Crippen molar-refractivity contribution in [3.63, 3.8) is 0 Å². The number of unbranched alkanes of at least 4 members (excludes halogenated alkanes) is 1. The Morgan fingerprint density at radius 1 is 1.20 bits per heavy atom. The SMILES string of the molecule is [C-]#[N+]c1ccc(-c2nc(OCCCC)cc(=O)n2-c2ccc(C3CC3)cc2)cc1F. The summed E-state index contributed by atoms with van der Waals surface area (Å²) in [6.45, 7) is 9.55. The maximum atomic E-state index is 14.3. The Bertz CT molecular complexity index is 1160. The molecule has 0 spiro atoms. The maximum Gasteiger partial charge on any atom is 0.262 e. The zero-order chi connectivity index (χ0) is 21.1. The summed E-state index contributed by atoms with van der Waals surface area (Å²) in [4.78, 5) is 20.7. The molecule has 5 nitrogen and oxygen atoms in total. The van der Waals surface area contributed by atoms with Crippen LogP contribution in [0.25, 0.3) is 21.9 Å². The molecule has 0 saturated heterocycles. The van der Waals surface area contributed by atoms with Gasteiger partial charge in [0.1, 0.15) is 5.82 Å². The zero-order valence-corrected chi connectivity index (χ0v) is 16.8. The first kappa shape index (κ1) is 19.8. The van der Waals surface area contributed by atoms with Gasteiger partial charge in [0.25, 0.3) is 5.56 Å². The van der Waals surface area contributed by atoms with Gasteiger partial charge in [-0.05, 0) is 48.9 Å². The summed E-state index contributed by atoms with van der Waals surface area (Å²) in [6.07, 6.45) is 4.20. The Hall–Kier alpha value is -3.46. The molecule has 1 saturated carbocycles. The van der Waals surface area contributed by atoms with Crippen molar-refractivity contribution >= 4 is 5.69 Å². The molecule has 0 amide bonds. The topological polar surface area (TPSA) is 48.5 Å². The molecule has 1 aromatic heterocycles. The van der Waals surface area contributed by atoms with Crippen molar-refractivity contribution in [2.45, 2.75) is 38.5 Å². The molecular weight excluding hydrogens is 381 g/mol. The third-order valence-electron chi connectivity index (χ3n) is 5.17.